The van der Waals surface area contributed by atoms with Gasteiger partial charge in [0.05, 0.1) is 20.6 Å². The van der Waals surface area contributed by atoms with Crippen molar-refractivity contribution >= 4 is 16.4 Å². The maximum Gasteiger partial charge on any atom is 0.302 e. The van der Waals surface area contributed by atoms with E-state index >= 15 is 0 Å². The van der Waals surface area contributed by atoms with Crippen molar-refractivity contribution in [3.8, 4) is 0 Å². The third-order valence-electron chi connectivity index (χ3n) is 3.19. The number of ether oxygens (including phenoxy) is 1. The number of hydrogen-bond acceptors (Lipinski definition) is 6. The van der Waals surface area contributed by atoms with Gasteiger partial charge >= 0.3 is 5.97 Å². The van der Waals surface area contributed by atoms with Crippen molar-refractivity contribution in [2.75, 3.05) is 33.8 Å². The molecule has 0 saturated heterocycles. The summed E-state index contributed by atoms with van der Waals surface area (Å²) in [7, 11) is -0.819. The lowest BCUT2D eigenvalue weighted by Crippen LogP contribution is -2.44. The Balaban J connectivity index is 4.24. The van der Waals surface area contributed by atoms with Gasteiger partial charge in [0.25, 0.3) is 0 Å². The highest BCUT2D eigenvalue weighted by Gasteiger charge is 2.20. The van der Waals surface area contributed by atoms with Gasteiger partial charge in [0.1, 0.15) is 19.3 Å². The second-order valence-electron chi connectivity index (χ2n) is 5.78. The normalized spacial score (nSPS) is 14.0. The van der Waals surface area contributed by atoms with Crippen LogP contribution in [0, 0.1) is 0 Å². The van der Waals surface area contributed by atoms with Crippen molar-refractivity contribution in [3.63, 3.8) is 0 Å². The van der Waals surface area contributed by atoms with Crippen LogP contribution in [-0.4, -0.2) is 63.3 Å². The highest BCUT2D eigenvalue weighted by Crippen LogP contribution is 2.12. The molecule has 0 aromatic carbocycles. The van der Waals surface area contributed by atoms with E-state index in [-0.39, 0.29) is 18.7 Å². The first kappa shape index (κ1) is 20.3. The van der Waals surface area contributed by atoms with Gasteiger partial charge in [-0.1, -0.05) is 19.8 Å². The van der Waals surface area contributed by atoms with Crippen LogP contribution in [0.15, 0.2) is 0 Å². The zero-order valence-corrected chi connectivity index (χ0v) is 14.1. The Morgan fingerprint density at radius 2 is 1.86 bits per heavy atom. The van der Waals surface area contributed by atoms with Crippen molar-refractivity contribution < 1.29 is 31.2 Å². The number of carbonyl (C=O) groups is 1. The molecule has 0 N–H and O–H groups in total. The Kier molecular flexibility index (Phi) is 9.03. The van der Waals surface area contributed by atoms with Gasteiger partial charge in [-0.25, -0.2) is 8.42 Å². The van der Waals surface area contributed by atoms with E-state index in [4.69, 9.17) is 4.74 Å². The van der Waals surface area contributed by atoms with Crippen LogP contribution in [-0.2, 0) is 24.1 Å². The molecule has 8 heteroatoms. The summed E-state index contributed by atoms with van der Waals surface area (Å²) in [6.45, 7) is 4.41. The van der Waals surface area contributed by atoms with E-state index in [1.165, 1.54) is 6.92 Å². The fourth-order valence-electron chi connectivity index (χ4n) is 1.92. The van der Waals surface area contributed by atoms with E-state index in [0.29, 0.717) is 24.0 Å². The van der Waals surface area contributed by atoms with E-state index in [2.05, 4.69) is 11.1 Å². The number of likely N-dealkylation sites (N-methyl/N-ethyl adjacent to an activating group) is 1. The zero-order valence-electron chi connectivity index (χ0n) is 13.3. The van der Waals surface area contributed by atoms with Crippen LogP contribution >= 0.6 is 0 Å². The monoisotopic (exact) mass is 325 g/mol. The van der Waals surface area contributed by atoms with E-state index < -0.39 is 10.4 Å². The van der Waals surface area contributed by atoms with Gasteiger partial charge in [-0.15, -0.1) is 0 Å². The molecule has 0 aliphatic heterocycles. The molecule has 1 unspecified atom stereocenters. The number of rotatable bonds is 11. The van der Waals surface area contributed by atoms with Gasteiger partial charge in [-0.05, 0) is 6.42 Å². The largest absolute Gasteiger partial charge is 0.726 e. The summed E-state index contributed by atoms with van der Waals surface area (Å²) in [4.78, 5) is 11.1. The number of quaternary nitrogens is 1. The molecule has 0 fully saturated rings. The number of esters is 1. The number of hydrogen-bond donors (Lipinski definition) is 0. The van der Waals surface area contributed by atoms with Crippen LogP contribution in [0.1, 0.15) is 39.5 Å². The Bertz CT molecular complexity index is 407. The molecule has 0 rings (SSSR count). The van der Waals surface area contributed by atoms with E-state index in [9.17, 15) is 17.8 Å². The summed E-state index contributed by atoms with van der Waals surface area (Å²) in [6.07, 6.45) is 3.41. The predicted molar refractivity (Wildman–Crippen MR) is 77.2 cm³/mol. The SMILES string of the molecule is CCCCC(CC[N+](C)(C)CCOS(=O)(=O)[O-])OC(C)=O. The Morgan fingerprint density at radius 3 is 2.33 bits per heavy atom. The van der Waals surface area contributed by atoms with Gasteiger partial charge < -0.3 is 13.8 Å². The lowest BCUT2D eigenvalue weighted by Gasteiger charge is -2.31. The van der Waals surface area contributed by atoms with Gasteiger partial charge in [0, 0.05) is 13.3 Å². The van der Waals surface area contributed by atoms with E-state index in [1.807, 2.05) is 14.1 Å². The first-order valence-electron chi connectivity index (χ1n) is 7.15. The molecule has 0 saturated carbocycles. The average Bonchev–Trinajstić information content (AvgIpc) is 2.30. The van der Waals surface area contributed by atoms with Gasteiger partial charge in [0.15, 0.2) is 0 Å². The molecular formula is C13H27NO6S. The molecule has 0 amide bonds. The smallest absolute Gasteiger partial charge is 0.302 e. The first-order valence-corrected chi connectivity index (χ1v) is 8.48. The highest BCUT2D eigenvalue weighted by atomic mass is 32.3. The van der Waals surface area contributed by atoms with Gasteiger partial charge in [0.2, 0.25) is 10.4 Å². The van der Waals surface area contributed by atoms with Crippen molar-refractivity contribution in [2.45, 2.75) is 45.6 Å². The third kappa shape index (κ3) is 12.7. The van der Waals surface area contributed by atoms with Gasteiger partial charge in [-0.2, -0.15) is 0 Å². The van der Waals surface area contributed by atoms with E-state index in [1.54, 1.807) is 0 Å². The van der Waals surface area contributed by atoms with Crippen LogP contribution in [0.25, 0.3) is 0 Å². The fraction of sp³-hybridized carbons (Fsp3) is 0.923. The summed E-state index contributed by atoms with van der Waals surface area (Å²) in [6, 6.07) is 0. The maximum absolute atomic E-state index is 11.1. The predicted octanol–water partition coefficient (Wildman–Crippen LogP) is 1.05. The fourth-order valence-corrected chi connectivity index (χ4v) is 2.20. The maximum atomic E-state index is 11.1. The lowest BCUT2D eigenvalue weighted by atomic mass is 10.1. The minimum Gasteiger partial charge on any atom is -0.726 e. The summed E-state index contributed by atoms with van der Waals surface area (Å²) in [5, 5.41) is 0. The summed E-state index contributed by atoms with van der Waals surface area (Å²) >= 11 is 0. The molecule has 0 aliphatic rings. The van der Waals surface area contributed by atoms with Gasteiger partial charge in [-0.3, -0.25) is 8.98 Å². The van der Waals surface area contributed by atoms with Crippen LogP contribution in [0.3, 0.4) is 0 Å². The van der Waals surface area contributed by atoms with Crippen LogP contribution in [0.2, 0.25) is 0 Å². The van der Waals surface area contributed by atoms with Crippen molar-refractivity contribution in [3.05, 3.63) is 0 Å². The number of carbonyl (C=O) groups excluding carboxylic acids is 1. The molecule has 0 bridgehead atoms. The standard InChI is InChI=1S/C13H27NO6S/c1-5-6-7-13(20-12(2)15)8-9-14(3,4)10-11-19-21(16,17)18/h13H,5-11H2,1-4H3. The third-order valence-corrected chi connectivity index (χ3v) is 3.65. The van der Waals surface area contributed by atoms with Crippen LogP contribution < -0.4 is 0 Å². The zero-order chi connectivity index (χ0) is 16.5. The minimum absolute atomic E-state index is 0.121. The summed E-state index contributed by atoms with van der Waals surface area (Å²) in [5.41, 5.74) is 0. The second kappa shape index (κ2) is 9.34. The molecule has 1 atom stereocenters. The van der Waals surface area contributed by atoms with Crippen molar-refractivity contribution in [2.24, 2.45) is 0 Å². The molecular weight excluding hydrogens is 298 g/mol. The summed E-state index contributed by atoms with van der Waals surface area (Å²) < 4.78 is 41.1. The quantitative estimate of drug-likeness (QED) is 0.244. The molecule has 0 heterocycles. The number of nitrogens with zero attached hydrogens (tertiary/aromatic N) is 1. The molecule has 0 aliphatic carbocycles. The van der Waals surface area contributed by atoms with E-state index in [0.717, 1.165) is 19.3 Å². The summed E-state index contributed by atoms with van der Waals surface area (Å²) in [5.74, 6) is -0.290. The molecule has 21 heavy (non-hydrogen) atoms. The first-order chi connectivity index (χ1) is 9.56. The number of unbranched alkanes of at least 4 members (excludes halogenated alkanes) is 1. The molecule has 7 nitrogen and oxygen atoms in total. The Morgan fingerprint density at radius 1 is 1.24 bits per heavy atom. The lowest BCUT2D eigenvalue weighted by molar-refractivity contribution is -0.890. The second-order valence-corrected chi connectivity index (χ2v) is 6.83. The van der Waals surface area contributed by atoms with Crippen LogP contribution in [0.5, 0.6) is 0 Å². The highest BCUT2D eigenvalue weighted by molar-refractivity contribution is 7.80. The molecule has 0 spiro atoms. The molecule has 0 radical (unpaired) electrons. The topological polar surface area (TPSA) is 92.7 Å². The molecule has 0 aromatic heterocycles. The Hall–Kier alpha value is -0.700. The molecule has 0 aromatic rings. The van der Waals surface area contributed by atoms with Crippen molar-refractivity contribution in [1.82, 2.24) is 0 Å². The Labute approximate surface area is 127 Å². The molecule has 126 valence electrons. The average molecular weight is 325 g/mol. The van der Waals surface area contributed by atoms with Crippen LogP contribution in [0.4, 0.5) is 0 Å². The van der Waals surface area contributed by atoms with Crippen molar-refractivity contribution in [1.29, 1.82) is 0 Å². The minimum atomic E-state index is -4.64.